The highest BCUT2D eigenvalue weighted by molar-refractivity contribution is 6.30. The Labute approximate surface area is 164 Å². The predicted octanol–water partition coefficient (Wildman–Crippen LogP) is 4.63. The molecule has 0 saturated heterocycles. The van der Waals surface area contributed by atoms with Gasteiger partial charge in [-0.1, -0.05) is 23.7 Å². The minimum absolute atomic E-state index is 0.246. The summed E-state index contributed by atoms with van der Waals surface area (Å²) in [4.78, 5) is 17.2. The van der Waals surface area contributed by atoms with Crippen LogP contribution in [-0.4, -0.2) is 20.7 Å². The van der Waals surface area contributed by atoms with Gasteiger partial charge in [-0.15, -0.1) is 5.10 Å². The standard InChI is InChI=1S/C20H14ClFN4O2/c21-15-7-3-13(4-8-15)12-23-20-24-18(17-2-1-11-28-17)25-26(20)19(27)14-5-9-16(22)10-6-14/h1-11H,12H2,(H,23,24,25). The maximum atomic E-state index is 13.2. The molecule has 4 rings (SSSR count). The second-order valence-corrected chi connectivity index (χ2v) is 6.38. The average Bonchev–Trinajstić information content (AvgIpc) is 3.37. The molecule has 0 aliphatic rings. The van der Waals surface area contributed by atoms with Crippen LogP contribution in [-0.2, 0) is 6.54 Å². The zero-order valence-corrected chi connectivity index (χ0v) is 15.2. The summed E-state index contributed by atoms with van der Waals surface area (Å²) < 4.78 is 19.6. The summed E-state index contributed by atoms with van der Waals surface area (Å²) in [6.45, 7) is 0.407. The van der Waals surface area contributed by atoms with E-state index in [9.17, 15) is 9.18 Å². The first kappa shape index (κ1) is 17.9. The van der Waals surface area contributed by atoms with Crippen LogP contribution in [0, 0.1) is 5.82 Å². The minimum Gasteiger partial charge on any atom is -0.461 e. The molecular formula is C20H14ClFN4O2. The van der Waals surface area contributed by atoms with Crippen molar-refractivity contribution in [3.8, 4) is 11.6 Å². The molecule has 0 aliphatic carbocycles. The molecule has 2 aromatic carbocycles. The van der Waals surface area contributed by atoms with Crippen LogP contribution < -0.4 is 5.32 Å². The fourth-order valence-corrected chi connectivity index (χ4v) is 2.70. The number of halogens is 2. The molecule has 0 aliphatic heterocycles. The number of benzene rings is 2. The first-order chi connectivity index (χ1) is 13.6. The molecule has 0 unspecified atom stereocenters. The Morgan fingerprint density at radius 2 is 1.86 bits per heavy atom. The molecule has 6 nitrogen and oxygen atoms in total. The van der Waals surface area contributed by atoms with Gasteiger partial charge in [-0.2, -0.15) is 9.67 Å². The number of carbonyl (C=O) groups excluding carboxylic acids is 1. The maximum absolute atomic E-state index is 13.2. The predicted molar refractivity (Wildman–Crippen MR) is 103 cm³/mol. The SMILES string of the molecule is O=C(c1ccc(F)cc1)n1nc(-c2ccco2)nc1NCc1ccc(Cl)cc1. The van der Waals surface area contributed by atoms with E-state index in [-0.39, 0.29) is 17.3 Å². The van der Waals surface area contributed by atoms with Gasteiger partial charge < -0.3 is 9.73 Å². The highest BCUT2D eigenvalue weighted by Crippen LogP contribution is 2.20. The lowest BCUT2D eigenvalue weighted by Gasteiger charge is -2.07. The molecule has 4 aromatic rings. The van der Waals surface area contributed by atoms with Crippen LogP contribution in [0.25, 0.3) is 11.6 Å². The fraction of sp³-hybridized carbons (Fsp3) is 0.0500. The Kier molecular flexibility index (Phi) is 4.90. The van der Waals surface area contributed by atoms with Crippen LogP contribution in [0.15, 0.2) is 71.3 Å². The second-order valence-electron chi connectivity index (χ2n) is 5.94. The van der Waals surface area contributed by atoms with Crippen molar-refractivity contribution in [2.45, 2.75) is 6.54 Å². The van der Waals surface area contributed by atoms with Gasteiger partial charge in [0.05, 0.1) is 6.26 Å². The molecular weight excluding hydrogens is 383 g/mol. The summed E-state index contributed by atoms with van der Waals surface area (Å²) in [5.41, 5.74) is 1.24. The average molecular weight is 397 g/mol. The van der Waals surface area contributed by atoms with Crippen molar-refractivity contribution >= 4 is 23.5 Å². The molecule has 0 bridgehead atoms. The molecule has 1 N–H and O–H groups in total. The summed E-state index contributed by atoms with van der Waals surface area (Å²) in [6.07, 6.45) is 1.50. The number of nitrogens with one attached hydrogen (secondary N) is 1. The fourth-order valence-electron chi connectivity index (χ4n) is 2.58. The van der Waals surface area contributed by atoms with Crippen molar-refractivity contribution in [1.82, 2.24) is 14.8 Å². The van der Waals surface area contributed by atoms with Crippen LogP contribution in [0.5, 0.6) is 0 Å². The van der Waals surface area contributed by atoms with Crippen molar-refractivity contribution < 1.29 is 13.6 Å². The Morgan fingerprint density at radius 3 is 2.54 bits per heavy atom. The number of nitrogens with zero attached hydrogens (tertiary/aromatic N) is 3. The van der Waals surface area contributed by atoms with Gasteiger partial charge in [0, 0.05) is 17.1 Å². The third kappa shape index (κ3) is 3.79. The summed E-state index contributed by atoms with van der Waals surface area (Å²) in [5.74, 6) is 0.0753. The van der Waals surface area contributed by atoms with Gasteiger partial charge in [0.25, 0.3) is 5.91 Å². The minimum atomic E-state index is -0.441. The van der Waals surface area contributed by atoms with Gasteiger partial charge in [0.2, 0.25) is 11.8 Å². The van der Waals surface area contributed by atoms with Crippen molar-refractivity contribution in [1.29, 1.82) is 0 Å². The molecule has 0 atom stereocenters. The van der Waals surface area contributed by atoms with Gasteiger partial charge in [-0.3, -0.25) is 4.79 Å². The van der Waals surface area contributed by atoms with Crippen molar-refractivity contribution in [2.75, 3.05) is 5.32 Å². The zero-order valence-electron chi connectivity index (χ0n) is 14.5. The van der Waals surface area contributed by atoms with E-state index >= 15 is 0 Å². The van der Waals surface area contributed by atoms with E-state index in [0.29, 0.717) is 17.3 Å². The maximum Gasteiger partial charge on any atom is 0.281 e. The topological polar surface area (TPSA) is 73.0 Å². The Morgan fingerprint density at radius 1 is 1.11 bits per heavy atom. The lowest BCUT2D eigenvalue weighted by atomic mass is 10.2. The molecule has 0 spiro atoms. The Balaban J connectivity index is 1.66. The normalized spacial score (nSPS) is 10.8. The summed E-state index contributed by atoms with van der Waals surface area (Å²) >= 11 is 5.91. The van der Waals surface area contributed by atoms with E-state index in [1.54, 1.807) is 24.3 Å². The quantitative estimate of drug-likeness (QED) is 0.532. The van der Waals surface area contributed by atoms with E-state index < -0.39 is 11.7 Å². The van der Waals surface area contributed by atoms with Gasteiger partial charge >= 0.3 is 0 Å². The third-order valence-corrected chi connectivity index (χ3v) is 4.25. The summed E-state index contributed by atoms with van der Waals surface area (Å²) in [7, 11) is 0. The Bertz CT molecular complexity index is 1090. The van der Waals surface area contributed by atoms with E-state index in [1.165, 1.54) is 30.5 Å². The van der Waals surface area contributed by atoms with Gasteiger partial charge in [-0.25, -0.2) is 4.39 Å². The highest BCUT2D eigenvalue weighted by atomic mass is 35.5. The van der Waals surface area contributed by atoms with E-state index in [2.05, 4.69) is 15.4 Å². The molecule has 140 valence electrons. The second kappa shape index (κ2) is 7.66. The number of hydrogen-bond acceptors (Lipinski definition) is 5. The van der Waals surface area contributed by atoms with Crippen molar-refractivity contribution in [3.63, 3.8) is 0 Å². The zero-order chi connectivity index (χ0) is 19.5. The molecule has 0 radical (unpaired) electrons. The van der Waals surface area contributed by atoms with Crippen molar-refractivity contribution in [3.05, 3.63) is 88.9 Å². The van der Waals surface area contributed by atoms with E-state index in [0.717, 1.165) is 10.2 Å². The van der Waals surface area contributed by atoms with E-state index in [4.69, 9.17) is 16.0 Å². The van der Waals surface area contributed by atoms with E-state index in [1.807, 2.05) is 12.1 Å². The largest absolute Gasteiger partial charge is 0.461 e. The molecule has 2 heterocycles. The van der Waals surface area contributed by atoms with Crippen LogP contribution in [0.2, 0.25) is 5.02 Å². The van der Waals surface area contributed by atoms with Crippen LogP contribution in [0.1, 0.15) is 15.9 Å². The summed E-state index contributed by atoms with van der Waals surface area (Å²) in [6, 6.07) is 15.9. The Hall–Kier alpha value is -3.45. The summed E-state index contributed by atoms with van der Waals surface area (Å²) in [5, 5.41) is 8.00. The monoisotopic (exact) mass is 396 g/mol. The number of furan rings is 1. The highest BCUT2D eigenvalue weighted by Gasteiger charge is 2.20. The molecule has 2 aromatic heterocycles. The molecule has 28 heavy (non-hydrogen) atoms. The first-order valence-corrected chi connectivity index (χ1v) is 8.77. The molecule has 0 fully saturated rings. The van der Waals surface area contributed by atoms with Crippen LogP contribution >= 0.6 is 11.6 Å². The lowest BCUT2D eigenvalue weighted by molar-refractivity contribution is 0.0947. The van der Waals surface area contributed by atoms with Crippen molar-refractivity contribution in [2.24, 2.45) is 0 Å². The van der Waals surface area contributed by atoms with Gasteiger partial charge in [0.1, 0.15) is 5.82 Å². The third-order valence-electron chi connectivity index (χ3n) is 4.00. The number of hydrogen-bond donors (Lipinski definition) is 1. The number of carbonyl (C=O) groups is 1. The van der Waals surface area contributed by atoms with Crippen LogP contribution in [0.4, 0.5) is 10.3 Å². The molecule has 8 heteroatoms. The first-order valence-electron chi connectivity index (χ1n) is 8.40. The smallest absolute Gasteiger partial charge is 0.281 e. The number of anilines is 1. The lowest BCUT2D eigenvalue weighted by Crippen LogP contribution is -2.17. The van der Waals surface area contributed by atoms with Crippen LogP contribution in [0.3, 0.4) is 0 Å². The molecule has 0 amide bonds. The van der Waals surface area contributed by atoms with Gasteiger partial charge in [-0.05, 0) is 54.1 Å². The molecule has 0 saturated carbocycles. The number of aromatic nitrogens is 3. The number of rotatable bonds is 5. The van der Waals surface area contributed by atoms with Gasteiger partial charge in [0.15, 0.2) is 5.76 Å².